The molecule has 1 atom stereocenters. The van der Waals surface area contributed by atoms with Gasteiger partial charge in [0.2, 0.25) is 0 Å². The van der Waals surface area contributed by atoms with Crippen molar-refractivity contribution in [1.29, 1.82) is 0 Å². The Bertz CT molecular complexity index is 558. The van der Waals surface area contributed by atoms with Crippen LogP contribution in [0.4, 0.5) is 11.5 Å². The van der Waals surface area contributed by atoms with E-state index in [4.69, 9.17) is 17.3 Å². The van der Waals surface area contributed by atoms with Gasteiger partial charge in [0, 0.05) is 17.9 Å². The van der Waals surface area contributed by atoms with Gasteiger partial charge in [0.1, 0.15) is 5.82 Å². The number of aromatic nitrogens is 1. The molecule has 1 heterocycles. The first-order chi connectivity index (χ1) is 8.58. The SMILES string of the molecule is CC(N)c1ccccc1Nc1ncc(Cl)cc1Br. The predicted molar refractivity (Wildman–Crippen MR) is 79.3 cm³/mol. The number of hydrogen-bond acceptors (Lipinski definition) is 3. The Hall–Kier alpha value is -1.10. The zero-order valence-corrected chi connectivity index (χ0v) is 12.2. The lowest BCUT2D eigenvalue weighted by molar-refractivity contribution is 0.820. The molecule has 1 aromatic heterocycles. The molecule has 2 aromatic rings. The van der Waals surface area contributed by atoms with Crippen molar-refractivity contribution in [2.45, 2.75) is 13.0 Å². The lowest BCUT2D eigenvalue weighted by atomic mass is 10.1. The van der Waals surface area contributed by atoms with E-state index in [0.29, 0.717) is 10.8 Å². The lowest BCUT2D eigenvalue weighted by Gasteiger charge is -2.14. The van der Waals surface area contributed by atoms with Crippen molar-refractivity contribution in [2.24, 2.45) is 5.73 Å². The summed E-state index contributed by atoms with van der Waals surface area (Å²) in [4.78, 5) is 4.24. The van der Waals surface area contributed by atoms with E-state index in [2.05, 4.69) is 26.2 Å². The highest BCUT2D eigenvalue weighted by Crippen LogP contribution is 2.29. The Morgan fingerprint density at radius 3 is 2.78 bits per heavy atom. The number of benzene rings is 1. The van der Waals surface area contributed by atoms with Crippen LogP contribution in [-0.2, 0) is 0 Å². The number of pyridine rings is 1. The van der Waals surface area contributed by atoms with Crippen LogP contribution in [0.25, 0.3) is 0 Å². The first-order valence-corrected chi connectivity index (χ1v) is 6.67. The van der Waals surface area contributed by atoms with Gasteiger partial charge in [0.05, 0.1) is 9.50 Å². The van der Waals surface area contributed by atoms with Gasteiger partial charge < -0.3 is 11.1 Å². The maximum absolute atomic E-state index is 5.94. The first-order valence-electron chi connectivity index (χ1n) is 5.50. The maximum atomic E-state index is 5.94. The molecule has 0 saturated heterocycles. The minimum absolute atomic E-state index is 0.0419. The van der Waals surface area contributed by atoms with Crippen molar-refractivity contribution in [1.82, 2.24) is 4.98 Å². The smallest absolute Gasteiger partial charge is 0.144 e. The van der Waals surface area contributed by atoms with Crippen LogP contribution in [0.3, 0.4) is 0 Å². The Morgan fingerprint density at radius 2 is 2.11 bits per heavy atom. The molecule has 1 aromatic carbocycles. The molecular formula is C13H13BrClN3. The van der Waals surface area contributed by atoms with E-state index in [-0.39, 0.29) is 6.04 Å². The first kappa shape index (κ1) is 13.3. The zero-order chi connectivity index (χ0) is 13.1. The number of halogens is 2. The molecule has 1 unspecified atom stereocenters. The van der Waals surface area contributed by atoms with Crippen LogP contribution in [0.1, 0.15) is 18.5 Å². The van der Waals surface area contributed by atoms with Gasteiger partial charge in [-0.05, 0) is 40.5 Å². The van der Waals surface area contributed by atoms with E-state index in [0.717, 1.165) is 15.7 Å². The highest BCUT2D eigenvalue weighted by atomic mass is 79.9. The quantitative estimate of drug-likeness (QED) is 0.886. The van der Waals surface area contributed by atoms with Crippen molar-refractivity contribution < 1.29 is 0 Å². The molecule has 0 radical (unpaired) electrons. The number of nitrogens with two attached hydrogens (primary N) is 1. The van der Waals surface area contributed by atoms with Crippen LogP contribution in [0, 0.1) is 0 Å². The fraction of sp³-hybridized carbons (Fsp3) is 0.154. The molecule has 0 aliphatic carbocycles. The second-order valence-corrected chi connectivity index (χ2v) is 5.28. The van der Waals surface area contributed by atoms with Crippen molar-refractivity contribution in [3.8, 4) is 0 Å². The molecule has 18 heavy (non-hydrogen) atoms. The number of nitrogens with zero attached hydrogens (tertiary/aromatic N) is 1. The molecule has 0 amide bonds. The van der Waals surface area contributed by atoms with Gasteiger partial charge in [-0.25, -0.2) is 4.98 Å². The summed E-state index contributed by atoms with van der Waals surface area (Å²) in [7, 11) is 0. The highest BCUT2D eigenvalue weighted by Gasteiger charge is 2.08. The van der Waals surface area contributed by atoms with E-state index in [9.17, 15) is 0 Å². The summed E-state index contributed by atoms with van der Waals surface area (Å²) in [5.41, 5.74) is 7.93. The van der Waals surface area contributed by atoms with Crippen molar-refractivity contribution >= 4 is 39.0 Å². The molecule has 0 aliphatic rings. The minimum atomic E-state index is -0.0419. The molecule has 0 saturated carbocycles. The van der Waals surface area contributed by atoms with Crippen LogP contribution in [0.2, 0.25) is 5.02 Å². The lowest BCUT2D eigenvalue weighted by Crippen LogP contribution is -2.08. The van der Waals surface area contributed by atoms with Gasteiger partial charge in [0.15, 0.2) is 0 Å². The third kappa shape index (κ3) is 3.02. The average Bonchev–Trinajstić information content (AvgIpc) is 2.33. The summed E-state index contributed by atoms with van der Waals surface area (Å²) in [6, 6.07) is 9.65. The van der Waals surface area contributed by atoms with Gasteiger partial charge >= 0.3 is 0 Å². The number of rotatable bonds is 3. The number of nitrogens with one attached hydrogen (secondary N) is 1. The molecule has 0 fully saturated rings. The molecule has 3 N–H and O–H groups in total. The number of hydrogen-bond donors (Lipinski definition) is 2. The summed E-state index contributed by atoms with van der Waals surface area (Å²) in [6.45, 7) is 1.95. The molecule has 5 heteroatoms. The number of anilines is 2. The molecule has 94 valence electrons. The maximum Gasteiger partial charge on any atom is 0.144 e. The average molecular weight is 327 g/mol. The zero-order valence-electron chi connectivity index (χ0n) is 9.82. The van der Waals surface area contributed by atoms with Crippen LogP contribution >= 0.6 is 27.5 Å². The van der Waals surface area contributed by atoms with Gasteiger partial charge in [-0.2, -0.15) is 0 Å². The molecular weight excluding hydrogens is 314 g/mol. The Labute approximate surface area is 119 Å². The Balaban J connectivity index is 2.34. The summed E-state index contributed by atoms with van der Waals surface area (Å²) in [6.07, 6.45) is 1.60. The van der Waals surface area contributed by atoms with Crippen LogP contribution in [0.15, 0.2) is 41.0 Å². The molecule has 3 nitrogen and oxygen atoms in total. The molecule has 0 spiro atoms. The Kier molecular flexibility index (Phi) is 4.22. The topological polar surface area (TPSA) is 50.9 Å². The van der Waals surface area contributed by atoms with Gasteiger partial charge in [0.25, 0.3) is 0 Å². The van der Waals surface area contributed by atoms with E-state index in [1.165, 1.54) is 0 Å². The van der Waals surface area contributed by atoms with Crippen LogP contribution in [0.5, 0.6) is 0 Å². The standard InChI is InChI=1S/C13H13BrClN3/c1-8(16)10-4-2-3-5-12(10)18-13-11(14)6-9(15)7-17-13/h2-8H,16H2,1H3,(H,17,18). The van der Waals surface area contributed by atoms with Gasteiger partial charge in [-0.15, -0.1) is 0 Å². The molecule has 0 aliphatic heterocycles. The largest absolute Gasteiger partial charge is 0.339 e. The van der Waals surface area contributed by atoms with Crippen molar-refractivity contribution in [3.63, 3.8) is 0 Å². The van der Waals surface area contributed by atoms with Crippen molar-refractivity contribution in [2.75, 3.05) is 5.32 Å². The monoisotopic (exact) mass is 325 g/mol. The summed E-state index contributed by atoms with van der Waals surface area (Å²) in [5, 5.41) is 3.84. The van der Waals surface area contributed by atoms with E-state index in [1.54, 1.807) is 12.3 Å². The summed E-state index contributed by atoms with van der Waals surface area (Å²) in [5.74, 6) is 0.715. The van der Waals surface area contributed by atoms with Crippen LogP contribution in [-0.4, -0.2) is 4.98 Å². The van der Waals surface area contributed by atoms with Gasteiger partial charge in [-0.3, -0.25) is 0 Å². The second kappa shape index (κ2) is 5.69. The summed E-state index contributed by atoms with van der Waals surface area (Å²) < 4.78 is 0.814. The second-order valence-electron chi connectivity index (χ2n) is 3.98. The minimum Gasteiger partial charge on any atom is -0.339 e. The third-order valence-corrected chi connectivity index (χ3v) is 3.32. The fourth-order valence-electron chi connectivity index (χ4n) is 1.64. The number of para-hydroxylation sites is 1. The van der Waals surface area contributed by atoms with Crippen molar-refractivity contribution in [3.05, 3.63) is 51.6 Å². The van der Waals surface area contributed by atoms with E-state index >= 15 is 0 Å². The highest BCUT2D eigenvalue weighted by molar-refractivity contribution is 9.10. The third-order valence-electron chi connectivity index (χ3n) is 2.51. The van der Waals surface area contributed by atoms with Crippen LogP contribution < -0.4 is 11.1 Å². The molecule has 0 bridgehead atoms. The predicted octanol–water partition coefficient (Wildman–Crippen LogP) is 4.26. The summed E-state index contributed by atoms with van der Waals surface area (Å²) >= 11 is 9.29. The van der Waals surface area contributed by atoms with E-state index < -0.39 is 0 Å². The fourth-order valence-corrected chi connectivity index (χ4v) is 2.38. The Morgan fingerprint density at radius 1 is 1.39 bits per heavy atom. The van der Waals surface area contributed by atoms with E-state index in [1.807, 2.05) is 31.2 Å². The normalized spacial score (nSPS) is 12.2. The molecule has 2 rings (SSSR count). The van der Waals surface area contributed by atoms with Gasteiger partial charge in [-0.1, -0.05) is 29.8 Å².